The summed E-state index contributed by atoms with van der Waals surface area (Å²) < 4.78 is 32.3. The molecule has 16 heavy (non-hydrogen) atoms. The Hall–Kier alpha value is -0.210. The van der Waals surface area contributed by atoms with Gasteiger partial charge in [0.05, 0.1) is 19.3 Å². The SMILES string of the molecule is O=S(=O)(N1CCOCC1)N1CCC[C@H](O)C1. The maximum atomic E-state index is 12.2. The Morgan fingerprint density at radius 3 is 2.44 bits per heavy atom. The molecule has 0 unspecified atom stereocenters. The highest BCUT2D eigenvalue weighted by Gasteiger charge is 2.33. The molecule has 0 aromatic carbocycles. The molecular formula is C9H18N2O4S. The van der Waals surface area contributed by atoms with E-state index in [2.05, 4.69) is 0 Å². The molecule has 2 aliphatic rings. The van der Waals surface area contributed by atoms with E-state index in [0.717, 1.165) is 6.42 Å². The maximum absolute atomic E-state index is 12.2. The van der Waals surface area contributed by atoms with Crippen LogP contribution in [-0.2, 0) is 14.9 Å². The smallest absolute Gasteiger partial charge is 0.282 e. The molecule has 2 aliphatic heterocycles. The number of hydrogen-bond acceptors (Lipinski definition) is 4. The van der Waals surface area contributed by atoms with Gasteiger partial charge in [-0.3, -0.25) is 0 Å². The highest BCUT2D eigenvalue weighted by atomic mass is 32.2. The molecule has 2 rings (SSSR count). The van der Waals surface area contributed by atoms with E-state index >= 15 is 0 Å². The molecule has 0 aromatic rings. The zero-order valence-corrected chi connectivity index (χ0v) is 10.0. The Bertz CT molecular complexity index is 326. The monoisotopic (exact) mass is 250 g/mol. The van der Waals surface area contributed by atoms with Crippen LogP contribution in [0.25, 0.3) is 0 Å². The summed E-state index contributed by atoms with van der Waals surface area (Å²) >= 11 is 0. The fourth-order valence-electron chi connectivity index (χ4n) is 2.07. The lowest BCUT2D eigenvalue weighted by atomic mass is 10.1. The van der Waals surface area contributed by atoms with E-state index in [1.165, 1.54) is 8.61 Å². The summed E-state index contributed by atoms with van der Waals surface area (Å²) in [7, 11) is -3.39. The van der Waals surface area contributed by atoms with Crippen molar-refractivity contribution in [2.24, 2.45) is 0 Å². The summed E-state index contributed by atoms with van der Waals surface area (Å²) in [5.41, 5.74) is 0. The molecule has 7 heteroatoms. The van der Waals surface area contributed by atoms with Crippen LogP contribution in [-0.4, -0.2) is 67.6 Å². The van der Waals surface area contributed by atoms with Crippen LogP contribution in [0.4, 0.5) is 0 Å². The lowest BCUT2D eigenvalue weighted by molar-refractivity contribution is 0.0648. The van der Waals surface area contributed by atoms with Crippen LogP contribution >= 0.6 is 0 Å². The van der Waals surface area contributed by atoms with Gasteiger partial charge in [0.25, 0.3) is 10.2 Å². The van der Waals surface area contributed by atoms with Crippen molar-refractivity contribution in [3.63, 3.8) is 0 Å². The first-order valence-electron chi connectivity index (χ1n) is 5.62. The standard InChI is InChI=1S/C9H18N2O4S/c12-9-2-1-3-11(8-9)16(13,14)10-4-6-15-7-5-10/h9,12H,1-8H2/t9-/m0/s1. The molecule has 0 aromatic heterocycles. The number of nitrogens with zero attached hydrogens (tertiary/aromatic N) is 2. The predicted octanol–water partition coefficient (Wildman–Crippen LogP) is -0.980. The van der Waals surface area contributed by atoms with Gasteiger partial charge >= 0.3 is 0 Å². The molecule has 2 heterocycles. The van der Waals surface area contributed by atoms with E-state index < -0.39 is 16.3 Å². The molecule has 0 radical (unpaired) electrons. The first-order chi connectivity index (χ1) is 7.60. The highest BCUT2D eigenvalue weighted by molar-refractivity contribution is 7.86. The van der Waals surface area contributed by atoms with Crippen molar-refractivity contribution in [1.82, 2.24) is 8.61 Å². The minimum absolute atomic E-state index is 0.222. The molecular weight excluding hydrogens is 232 g/mol. The molecule has 1 atom stereocenters. The molecule has 0 spiro atoms. The van der Waals surface area contributed by atoms with E-state index in [-0.39, 0.29) is 6.54 Å². The maximum Gasteiger partial charge on any atom is 0.282 e. The van der Waals surface area contributed by atoms with Crippen molar-refractivity contribution in [3.05, 3.63) is 0 Å². The number of β-amino-alcohol motifs (C(OH)–C–C–N with tert-alkyl or cyclic N) is 1. The topological polar surface area (TPSA) is 70.1 Å². The Labute approximate surface area is 96.0 Å². The van der Waals surface area contributed by atoms with Gasteiger partial charge in [0.2, 0.25) is 0 Å². The van der Waals surface area contributed by atoms with Crippen molar-refractivity contribution < 1.29 is 18.3 Å². The number of aliphatic hydroxyl groups is 1. The van der Waals surface area contributed by atoms with Crippen LogP contribution in [0.5, 0.6) is 0 Å². The van der Waals surface area contributed by atoms with E-state index in [0.29, 0.717) is 39.3 Å². The minimum atomic E-state index is -3.39. The normalized spacial score (nSPS) is 30.4. The Morgan fingerprint density at radius 2 is 1.81 bits per heavy atom. The van der Waals surface area contributed by atoms with Gasteiger partial charge in [-0.2, -0.15) is 17.0 Å². The first-order valence-corrected chi connectivity index (χ1v) is 7.01. The number of aliphatic hydroxyl groups excluding tert-OH is 1. The number of ether oxygens (including phenoxy) is 1. The zero-order chi connectivity index (χ0) is 11.6. The van der Waals surface area contributed by atoms with Crippen molar-refractivity contribution in [1.29, 1.82) is 0 Å². The Balaban J connectivity index is 2.05. The van der Waals surface area contributed by atoms with Gasteiger partial charge in [0, 0.05) is 26.2 Å². The molecule has 0 saturated carbocycles. The molecule has 0 aliphatic carbocycles. The van der Waals surface area contributed by atoms with Gasteiger partial charge in [-0.05, 0) is 12.8 Å². The van der Waals surface area contributed by atoms with Crippen LogP contribution in [0.2, 0.25) is 0 Å². The second kappa shape index (κ2) is 4.97. The molecule has 2 fully saturated rings. The average Bonchev–Trinajstić information content (AvgIpc) is 2.30. The minimum Gasteiger partial charge on any atom is -0.392 e. The van der Waals surface area contributed by atoms with Crippen molar-refractivity contribution in [3.8, 4) is 0 Å². The average molecular weight is 250 g/mol. The second-order valence-corrected chi connectivity index (χ2v) is 6.10. The van der Waals surface area contributed by atoms with Gasteiger partial charge in [0.1, 0.15) is 0 Å². The van der Waals surface area contributed by atoms with Gasteiger partial charge in [-0.15, -0.1) is 0 Å². The Kier molecular flexibility index (Phi) is 3.81. The summed E-state index contributed by atoms with van der Waals surface area (Å²) in [5.74, 6) is 0. The van der Waals surface area contributed by atoms with E-state index in [1.807, 2.05) is 0 Å². The highest BCUT2D eigenvalue weighted by Crippen LogP contribution is 2.17. The molecule has 0 bridgehead atoms. The third kappa shape index (κ3) is 2.54. The Morgan fingerprint density at radius 1 is 1.12 bits per heavy atom. The summed E-state index contributed by atoms with van der Waals surface area (Å²) in [6.07, 6.45) is 0.893. The van der Waals surface area contributed by atoms with Crippen LogP contribution < -0.4 is 0 Å². The number of piperidine rings is 1. The summed E-state index contributed by atoms with van der Waals surface area (Å²) in [4.78, 5) is 0. The summed E-state index contributed by atoms with van der Waals surface area (Å²) in [5, 5.41) is 9.49. The fraction of sp³-hybridized carbons (Fsp3) is 1.00. The second-order valence-electron chi connectivity index (χ2n) is 4.17. The largest absolute Gasteiger partial charge is 0.392 e. The lowest BCUT2D eigenvalue weighted by Gasteiger charge is -2.35. The molecule has 0 amide bonds. The van der Waals surface area contributed by atoms with Gasteiger partial charge in [-0.1, -0.05) is 0 Å². The molecule has 1 N–H and O–H groups in total. The van der Waals surface area contributed by atoms with Gasteiger partial charge in [-0.25, -0.2) is 0 Å². The predicted molar refractivity (Wildman–Crippen MR) is 58.1 cm³/mol. The van der Waals surface area contributed by atoms with Crippen LogP contribution in [0.3, 0.4) is 0 Å². The van der Waals surface area contributed by atoms with Crippen LogP contribution in [0.15, 0.2) is 0 Å². The summed E-state index contributed by atoms with van der Waals surface area (Å²) in [6, 6.07) is 0. The number of hydrogen-bond donors (Lipinski definition) is 1. The zero-order valence-electron chi connectivity index (χ0n) is 9.21. The third-order valence-electron chi connectivity index (χ3n) is 2.98. The number of rotatable bonds is 2. The third-order valence-corrected chi connectivity index (χ3v) is 4.98. The van der Waals surface area contributed by atoms with Crippen LogP contribution in [0.1, 0.15) is 12.8 Å². The van der Waals surface area contributed by atoms with Gasteiger partial charge < -0.3 is 9.84 Å². The van der Waals surface area contributed by atoms with Crippen molar-refractivity contribution >= 4 is 10.2 Å². The first kappa shape index (κ1) is 12.3. The van der Waals surface area contributed by atoms with E-state index in [9.17, 15) is 13.5 Å². The molecule has 2 saturated heterocycles. The van der Waals surface area contributed by atoms with Crippen molar-refractivity contribution in [2.45, 2.75) is 18.9 Å². The van der Waals surface area contributed by atoms with E-state index in [1.54, 1.807) is 0 Å². The van der Waals surface area contributed by atoms with Crippen molar-refractivity contribution in [2.75, 3.05) is 39.4 Å². The quantitative estimate of drug-likeness (QED) is 0.684. The summed E-state index contributed by atoms with van der Waals surface area (Å²) in [6.45, 7) is 2.46. The van der Waals surface area contributed by atoms with Gasteiger partial charge in [0.15, 0.2) is 0 Å². The lowest BCUT2D eigenvalue weighted by Crippen LogP contribution is -2.52. The van der Waals surface area contributed by atoms with E-state index in [4.69, 9.17) is 4.74 Å². The fourth-order valence-corrected chi connectivity index (χ4v) is 3.73. The molecule has 6 nitrogen and oxygen atoms in total. The number of morpholine rings is 1. The molecule has 94 valence electrons. The van der Waals surface area contributed by atoms with Crippen LogP contribution in [0, 0.1) is 0 Å².